The Morgan fingerprint density at radius 2 is 1.89 bits per heavy atom. The van der Waals surface area contributed by atoms with E-state index in [-0.39, 0.29) is 13.0 Å². The summed E-state index contributed by atoms with van der Waals surface area (Å²) in [5.74, 6) is -1.16. The summed E-state index contributed by atoms with van der Waals surface area (Å²) in [4.78, 5) is 22.7. The van der Waals surface area contributed by atoms with Crippen LogP contribution >= 0.6 is 0 Å². The predicted octanol–water partition coefficient (Wildman–Crippen LogP) is 3.39. The maximum Gasteiger partial charge on any atom is 0.374 e. The number of esters is 1. The van der Waals surface area contributed by atoms with Crippen LogP contribution in [0.3, 0.4) is 0 Å². The normalized spacial score (nSPS) is 10.6. The van der Waals surface area contributed by atoms with Crippen LogP contribution in [0.1, 0.15) is 38.2 Å². The number of carbonyl (C=O) groups excluding carboxylic acids is 2. The van der Waals surface area contributed by atoms with E-state index in [1.54, 1.807) is 6.08 Å². The number of benzene rings is 1. The molecule has 1 aromatic rings. The number of ketones is 1. The average Bonchev–Trinajstić information content (AvgIpc) is 2.44. The summed E-state index contributed by atoms with van der Waals surface area (Å²) in [5, 5.41) is 0. The van der Waals surface area contributed by atoms with Crippen LogP contribution < -0.4 is 0 Å². The number of ether oxygens (including phenoxy) is 1. The first-order valence-corrected chi connectivity index (χ1v) is 6.65. The monoisotopic (exact) mass is 260 g/mol. The molecule has 0 unspecified atom stereocenters. The fourth-order valence-electron chi connectivity index (χ4n) is 1.59. The minimum atomic E-state index is -0.728. The Morgan fingerprint density at radius 1 is 1.16 bits per heavy atom. The van der Waals surface area contributed by atoms with Gasteiger partial charge in [0.15, 0.2) is 0 Å². The van der Waals surface area contributed by atoms with Crippen molar-refractivity contribution in [3.8, 4) is 0 Å². The summed E-state index contributed by atoms with van der Waals surface area (Å²) in [5.41, 5.74) is 1.04. The van der Waals surface area contributed by atoms with Gasteiger partial charge in [0.2, 0.25) is 5.78 Å². The molecule has 0 bridgehead atoms. The van der Waals surface area contributed by atoms with Gasteiger partial charge in [-0.05, 0) is 18.1 Å². The van der Waals surface area contributed by atoms with Gasteiger partial charge in [-0.15, -0.1) is 0 Å². The lowest BCUT2D eigenvalue weighted by Crippen LogP contribution is -2.17. The summed E-state index contributed by atoms with van der Waals surface area (Å²) in [7, 11) is 0. The first kappa shape index (κ1) is 15.2. The zero-order chi connectivity index (χ0) is 13.9. The van der Waals surface area contributed by atoms with E-state index in [4.69, 9.17) is 4.74 Å². The van der Waals surface area contributed by atoms with Crippen molar-refractivity contribution in [1.29, 1.82) is 0 Å². The molecular weight excluding hydrogens is 240 g/mol. The van der Waals surface area contributed by atoms with Gasteiger partial charge in [-0.2, -0.15) is 0 Å². The molecule has 0 amide bonds. The maximum absolute atomic E-state index is 11.4. The summed E-state index contributed by atoms with van der Waals surface area (Å²) in [6.45, 7) is 2.18. The van der Waals surface area contributed by atoms with Crippen molar-refractivity contribution < 1.29 is 14.3 Å². The van der Waals surface area contributed by atoms with Crippen LogP contribution in [0.5, 0.6) is 0 Å². The van der Waals surface area contributed by atoms with Crippen LogP contribution in [0.2, 0.25) is 0 Å². The third kappa shape index (κ3) is 6.55. The van der Waals surface area contributed by atoms with Gasteiger partial charge in [0, 0.05) is 6.42 Å². The Kier molecular flexibility index (Phi) is 7.25. The van der Waals surface area contributed by atoms with Gasteiger partial charge in [-0.25, -0.2) is 4.79 Å². The number of hydrogen-bond donors (Lipinski definition) is 0. The largest absolute Gasteiger partial charge is 0.456 e. The Bertz CT molecular complexity index is 421. The second-order valence-corrected chi connectivity index (χ2v) is 4.29. The highest BCUT2D eigenvalue weighted by molar-refractivity contribution is 6.33. The van der Waals surface area contributed by atoms with E-state index in [2.05, 4.69) is 6.92 Å². The molecule has 102 valence electrons. The first-order valence-electron chi connectivity index (χ1n) is 6.65. The fourth-order valence-corrected chi connectivity index (χ4v) is 1.59. The third-order valence-corrected chi connectivity index (χ3v) is 2.66. The van der Waals surface area contributed by atoms with E-state index in [0.717, 1.165) is 24.8 Å². The van der Waals surface area contributed by atoms with Crippen LogP contribution in [0, 0.1) is 0 Å². The highest BCUT2D eigenvalue weighted by atomic mass is 16.5. The lowest BCUT2D eigenvalue weighted by Gasteiger charge is -2.00. The van der Waals surface area contributed by atoms with Gasteiger partial charge in [0.25, 0.3) is 0 Å². The SMILES string of the molecule is CCCCCC(=O)C(=O)OC/C=C/c1ccccc1. The zero-order valence-electron chi connectivity index (χ0n) is 11.3. The minimum absolute atomic E-state index is 0.132. The molecule has 0 radical (unpaired) electrons. The van der Waals surface area contributed by atoms with E-state index in [0.29, 0.717) is 0 Å². The van der Waals surface area contributed by atoms with Gasteiger partial charge in [-0.3, -0.25) is 4.79 Å². The van der Waals surface area contributed by atoms with E-state index in [1.807, 2.05) is 36.4 Å². The van der Waals surface area contributed by atoms with Crippen molar-refractivity contribution >= 4 is 17.8 Å². The summed E-state index contributed by atoms with van der Waals surface area (Å²) in [6, 6.07) is 9.71. The van der Waals surface area contributed by atoms with Crippen molar-refractivity contribution in [2.24, 2.45) is 0 Å². The molecule has 0 aliphatic heterocycles. The predicted molar refractivity (Wildman–Crippen MR) is 75.6 cm³/mol. The van der Waals surface area contributed by atoms with Crippen molar-refractivity contribution in [3.05, 3.63) is 42.0 Å². The smallest absolute Gasteiger partial charge is 0.374 e. The first-order chi connectivity index (χ1) is 9.24. The van der Waals surface area contributed by atoms with Crippen molar-refractivity contribution in [3.63, 3.8) is 0 Å². The van der Waals surface area contributed by atoms with Gasteiger partial charge >= 0.3 is 5.97 Å². The van der Waals surface area contributed by atoms with Crippen LogP contribution in [-0.4, -0.2) is 18.4 Å². The maximum atomic E-state index is 11.4. The molecule has 1 rings (SSSR count). The Balaban J connectivity index is 2.23. The van der Waals surface area contributed by atoms with Crippen LogP contribution in [0.4, 0.5) is 0 Å². The van der Waals surface area contributed by atoms with E-state index < -0.39 is 11.8 Å². The van der Waals surface area contributed by atoms with Gasteiger partial charge in [0.1, 0.15) is 6.61 Å². The molecule has 0 saturated carbocycles. The molecule has 0 saturated heterocycles. The van der Waals surface area contributed by atoms with E-state index in [9.17, 15) is 9.59 Å². The molecule has 0 spiro atoms. The number of Topliss-reactive ketones (excluding diaryl/α,β-unsaturated/α-hetero) is 1. The molecule has 0 fully saturated rings. The molecule has 0 atom stereocenters. The number of rotatable bonds is 8. The third-order valence-electron chi connectivity index (χ3n) is 2.66. The Labute approximate surface area is 114 Å². The number of unbranched alkanes of at least 4 members (excludes halogenated alkanes) is 2. The zero-order valence-corrected chi connectivity index (χ0v) is 11.3. The van der Waals surface area contributed by atoms with E-state index in [1.165, 1.54) is 0 Å². The highest BCUT2D eigenvalue weighted by Gasteiger charge is 2.13. The number of carbonyl (C=O) groups is 2. The van der Waals surface area contributed by atoms with Crippen molar-refractivity contribution in [1.82, 2.24) is 0 Å². The van der Waals surface area contributed by atoms with Gasteiger partial charge in [0.05, 0.1) is 0 Å². The lowest BCUT2D eigenvalue weighted by atomic mass is 10.1. The van der Waals surface area contributed by atoms with Crippen LogP contribution in [0.25, 0.3) is 6.08 Å². The highest BCUT2D eigenvalue weighted by Crippen LogP contribution is 2.02. The topological polar surface area (TPSA) is 43.4 Å². The summed E-state index contributed by atoms with van der Waals surface area (Å²) < 4.78 is 4.88. The molecule has 0 heterocycles. The molecule has 0 aromatic heterocycles. The summed E-state index contributed by atoms with van der Waals surface area (Å²) in [6.07, 6.45) is 6.62. The van der Waals surface area contributed by atoms with E-state index >= 15 is 0 Å². The van der Waals surface area contributed by atoms with Gasteiger partial charge in [-0.1, -0.05) is 56.2 Å². The molecule has 3 nitrogen and oxygen atoms in total. The molecule has 3 heteroatoms. The minimum Gasteiger partial charge on any atom is -0.456 e. The standard InChI is InChI=1S/C16H20O3/c1-2-3-5-12-15(17)16(18)19-13-8-11-14-9-6-4-7-10-14/h4,6-11H,2-3,5,12-13H2,1H3/b11-8+. The molecule has 0 aliphatic rings. The van der Waals surface area contributed by atoms with Crippen LogP contribution in [0.15, 0.2) is 36.4 Å². The second-order valence-electron chi connectivity index (χ2n) is 4.29. The molecule has 19 heavy (non-hydrogen) atoms. The molecule has 0 N–H and O–H groups in total. The summed E-state index contributed by atoms with van der Waals surface area (Å²) >= 11 is 0. The lowest BCUT2D eigenvalue weighted by molar-refractivity contribution is -0.153. The Morgan fingerprint density at radius 3 is 2.58 bits per heavy atom. The van der Waals surface area contributed by atoms with Gasteiger partial charge < -0.3 is 4.74 Å². The molecule has 1 aromatic carbocycles. The fraction of sp³-hybridized carbons (Fsp3) is 0.375. The second kappa shape index (κ2) is 9.09. The number of hydrogen-bond acceptors (Lipinski definition) is 3. The van der Waals surface area contributed by atoms with Crippen molar-refractivity contribution in [2.45, 2.75) is 32.6 Å². The van der Waals surface area contributed by atoms with Crippen LogP contribution in [-0.2, 0) is 14.3 Å². The quantitative estimate of drug-likeness (QED) is 0.409. The Hall–Kier alpha value is -1.90. The average molecular weight is 260 g/mol. The molecule has 0 aliphatic carbocycles. The van der Waals surface area contributed by atoms with Crippen molar-refractivity contribution in [2.75, 3.05) is 6.61 Å². The molecular formula is C16H20O3.